The molecule has 1 amide bonds. The van der Waals surface area contributed by atoms with Crippen LogP contribution in [0, 0.1) is 17.0 Å². The molecule has 0 aromatic heterocycles. The van der Waals surface area contributed by atoms with Gasteiger partial charge in [0.1, 0.15) is 5.75 Å². The molecular weight excluding hydrogens is 425 g/mol. The zero-order valence-corrected chi connectivity index (χ0v) is 16.3. The summed E-state index contributed by atoms with van der Waals surface area (Å²) in [5, 5.41) is 13.4. The first-order valence-electron chi connectivity index (χ1n) is 8.60. The number of carbonyl (C=O) groups excluding carboxylic acids is 2. The first kappa shape index (κ1) is 23.4. The van der Waals surface area contributed by atoms with E-state index < -0.39 is 41.8 Å². The van der Waals surface area contributed by atoms with Gasteiger partial charge in [0.05, 0.1) is 17.6 Å². The molecule has 0 saturated carbocycles. The van der Waals surface area contributed by atoms with Gasteiger partial charge in [-0.2, -0.15) is 13.2 Å². The minimum absolute atomic E-state index is 0.0719. The highest BCUT2D eigenvalue weighted by Crippen LogP contribution is 2.33. The monoisotopic (exact) mass is 442 g/mol. The van der Waals surface area contributed by atoms with Gasteiger partial charge >= 0.3 is 17.8 Å². The lowest BCUT2D eigenvalue weighted by atomic mass is 10.1. The Morgan fingerprint density at radius 1 is 1.16 bits per heavy atom. The van der Waals surface area contributed by atoms with Crippen molar-refractivity contribution >= 4 is 23.3 Å². The van der Waals surface area contributed by atoms with Crippen LogP contribution in [-0.2, 0) is 20.5 Å². The van der Waals surface area contributed by atoms with Gasteiger partial charge in [-0.3, -0.25) is 14.9 Å². The van der Waals surface area contributed by atoms with E-state index in [0.29, 0.717) is 5.56 Å². The lowest BCUT2D eigenvalue weighted by molar-refractivity contribution is -0.385. The Kier molecular flexibility index (Phi) is 7.40. The molecule has 2 aromatic carbocycles. The van der Waals surface area contributed by atoms with Crippen LogP contribution in [-0.4, -0.2) is 37.1 Å². The Morgan fingerprint density at radius 2 is 1.87 bits per heavy atom. The van der Waals surface area contributed by atoms with E-state index in [9.17, 15) is 32.9 Å². The van der Waals surface area contributed by atoms with Crippen LogP contribution in [0.15, 0.2) is 36.4 Å². The summed E-state index contributed by atoms with van der Waals surface area (Å²) >= 11 is 0. The molecule has 0 aliphatic carbocycles. The number of nitrogens with zero attached hydrogens (tertiary/aromatic N) is 1. The van der Waals surface area contributed by atoms with Gasteiger partial charge in [0.15, 0.2) is 19.0 Å². The fraction of sp³-hybridized carbons (Fsp3) is 0.263. The number of aryl methyl sites for hydroxylation is 1. The van der Waals surface area contributed by atoms with E-state index in [1.807, 2.05) is 0 Å². The van der Waals surface area contributed by atoms with Crippen LogP contribution >= 0.6 is 0 Å². The number of hydrogen-bond donors (Lipinski definition) is 1. The summed E-state index contributed by atoms with van der Waals surface area (Å²) in [6.07, 6.45) is -4.56. The molecular formula is C19H17F3N2O7. The molecule has 0 spiro atoms. The van der Waals surface area contributed by atoms with Crippen LogP contribution in [0.5, 0.6) is 11.5 Å². The summed E-state index contributed by atoms with van der Waals surface area (Å²) in [6, 6.07) is 6.40. The van der Waals surface area contributed by atoms with E-state index >= 15 is 0 Å². The van der Waals surface area contributed by atoms with Crippen molar-refractivity contribution in [1.29, 1.82) is 0 Å². The number of carbonyl (C=O) groups is 2. The lowest BCUT2D eigenvalue weighted by Gasteiger charge is -2.12. The number of nitrogens with one attached hydrogen (secondary N) is 1. The highest BCUT2D eigenvalue weighted by molar-refractivity contribution is 5.94. The first-order valence-corrected chi connectivity index (χ1v) is 8.60. The highest BCUT2D eigenvalue weighted by atomic mass is 19.4. The predicted octanol–water partition coefficient (Wildman–Crippen LogP) is 3.49. The van der Waals surface area contributed by atoms with Gasteiger partial charge in [0.25, 0.3) is 5.91 Å². The maximum Gasteiger partial charge on any atom is 0.416 e. The largest absolute Gasteiger partial charge is 0.490 e. The number of nitro groups is 1. The molecule has 31 heavy (non-hydrogen) atoms. The number of amides is 1. The van der Waals surface area contributed by atoms with Crippen LogP contribution in [0.2, 0.25) is 0 Å². The second-order valence-electron chi connectivity index (χ2n) is 6.12. The number of anilines is 1. The zero-order valence-electron chi connectivity index (χ0n) is 16.3. The van der Waals surface area contributed by atoms with Crippen molar-refractivity contribution in [2.24, 2.45) is 0 Å². The van der Waals surface area contributed by atoms with Crippen LogP contribution < -0.4 is 14.8 Å². The van der Waals surface area contributed by atoms with Crippen molar-refractivity contribution in [1.82, 2.24) is 0 Å². The van der Waals surface area contributed by atoms with E-state index in [1.165, 1.54) is 32.2 Å². The Hall–Kier alpha value is -3.83. The minimum Gasteiger partial charge on any atom is -0.490 e. The zero-order chi connectivity index (χ0) is 23.2. The van der Waals surface area contributed by atoms with Crippen molar-refractivity contribution in [2.45, 2.75) is 13.1 Å². The molecule has 0 saturated heterocycles. The van der Waals surface area contributed by atoms with Crippen molar-refractivity contribution < 1.29 is 41.9 Å². The molecule has 0 atom stereocenters. The first-order chi connectivity index (χ1) is 14.5. The number of alkyl halides is 3. The Morgan fingerprint density at radius 3 is 2.48 bits per heavy atom. The Labute approximate surface area is 173 Å². The molecule has 9 nitrogen and oxygen atoms in total. The number of esters is 1. The minimum atomic E-state index is -4.56. The fourth-order valence-corrected chi connectivity index (χ4v) is 2.39. The second-order valence-corrected chi connectivity index (χ2v) is 6.12. The Bertz CT molecular complexity index is 993. The van der Waals surface area contributed by atoms with Crippen LogP contribution in [0.1, 0.15) is 11.1 Å². The highest BCUT2D eigenvalue weighted by Gasteiger charge is 2.30. The number of methoxy groups -OCH3 is 1. The van der Waals surface area contributed by atoms with Gasteiger partial charge in [-0.25, -0.2) is 4.79 Å². The number of ether oxygens (including phenoxy) is 3. The lowest BCUT2D eigenvalue weighted by Crippen LogP contribution is -2.24. The standard InChI is InChI=1S/C19H17F3N2O7/c1-11-6-15(24(27)28)16(29-2)8-14(11)23-17(25)9-31-18(26)10-30-13-5-3-4-12(7-13)19(20,21)22/h3-8H,9-10H2,1-2H3,(H,23,25). The quantitative estimate of drug-likeness (QED) is 0.378. The predicted molar refractivity (Wildman–Crippen MR) is 101 cm³/mol. The molecule has 0 unspecified atom stereocenters. The fourth-order valence-electron chi connectivity index (χ4n) is 2.39. The van der Waals surface area contributed by atoms with E-state index in [4.69, 9.17) is 14.2 Å². The van der Waals surface area contributed by atoms with Crippen LogP contribution in [0.3, 0.4) is 0 Å². The maximum absolute atomic E-state index is 12.7. The summed E-state index contributed by atoms with van der Waals surface area (Å²) in [6.45, 7) is 0.111. The van der Waals surface area contributed by atoms with Crippen LogP contribution in [0.4, 0.5) is 24.5 Å². The van der Waals surface area contributed by atoms with Gasteiger partial charge in [0, 0.05) is 17.8 Å². The van der Waals surface area contributed by atoms with Gasteiger partial charge in [-0.1, -0.05) is 6.07 Å². The maximum atomic E-state index is 12.7. The molecule has 0 heterocycles. The molecule has 2 aromatic rings. The average Bonchev–Trinajstić information content (AvgIpc) is 2.71. The van der Waals surface area contributed by atoms with Gasteiger partial charge in [-0.05, 0) is 30.7 Å². The summed E-state index contributed by atoms with van der Waals surface area (Å²) in [7, 11) is 1.23. The molecule has 166 valence electrons. The Balaban J connectivity index is 1.89. The normalized spacial score (nSPS) is 10.9. The SMILES string of the molecule is COc1cc(NC(=O)COC(=O)COc2cccc(C(F)(F)F)c2)c(C)cc1[N+](=O)[O-]. The van der Waals surface area contributed by atoms with Crippen molar-refractivity contribution in [3.63, 3.8) is 0 Å². The number of benzene rings is 2. The molecule has 0 bridgehead atoms. The molecule has 0 fully saturated rings. The molecule has 1 N–H and O–H groups in total. The van der Waals surface area contributed by atoms with E-state index in [0.717, 1.165) is 18.2 Å². The second kappa shape index (κ2) is 9.78. The van der Waals surface area contributed by atoms with Crippen molar-refractivity contribution in [2.75, 3.05) is 25.6 Å². The number of hydrogen-bond acceptors (Lipinski definition) is 7. The number of nitro benzene ring substituents is 1. The smallest absolute Gasteiger partial charge is 0.416 e. The van der Waals surface area contributed by atoms with Gasteiger partial charge in [0.2, 0.25) is 0 Å². The van der Waals surface area contributed by atoms with Crippen molar-refractivity contribution in [3.8, 4) is 11.5 Å². The van der Waals surface area contributed by atoms with Gasteiger partial charge in [-0.15, -0.1) is 0 Å². The summed E-state index contributed by atoms with van der Waals surface area (Å²) in [4.78, 5) is 34.0. The summed E-state index contributed by atoms with van der Waals surface area (Å²) < 4.78 is 52.6. The van der Waals surface area contributed by atoms with Crippen LogP contribution in [0.25, 0.3) is 0 Å². The van der Waals surface area contributed by atoms with Gasteiger partial charge < -0.3 is 19.5 Å². The molecule has 2 rings (SSSR count). The van der Waals surface area contributed by atoms with Crippen molar-refractivity contribution in [3.05, 3.63) is 57.6 Å². The van der Waals surface area contributed by atoms with E-state index in [-0.39, 0.29) is 22.9 Å². The molecule has 12 heteroatoms. The third-order valence-electron chi connectivity index (χ3n) is 3.88. The average molecular weight is 442 g/mol. The summed E-state index contributed by atoms with van der Waals surface area (Å²) in [5.41, 5.74) is -0.633. The third kappa shape index (κ3) is 6.59. The third-order valence-corrected chi connectivity index (χ3v) is 3.88. The number of rotatable bonds is 8. The summed E-state index contributed by atoms with van der Waals surface area (Å²) in [5.74, 6) is -1.99. The molecule has 0 aliphatic heterocycles. The topological polar surface area (TPSA) is 117 Å². The molecule has 0 radical (unpaired) electrons. The van der Waals surface area contributed by atoms with E-state index in [1.54, 1.807) is 0 Å². The molecule has 0 aliphatic rings. The number of halogens is 3. The van der Waals surface area contributed by atoms with E-state index in [2.05, 4.69) is 5.32 Å².